The molecule has 2 unspecified atom stereocenters. The van der Waals surface area contributed by atoms with Crippen LogP contribution >= 0.6 is 15.5 Å². The van der Waals surface area contributed by atoms with Crippen LogP contribution in [0.2, 0.25) is 0 Å². The Bertz CT molecular complexity index is 240. The lowest BCUT2D eigenvalue weighted by Crippen LogP contribution is -2.26. The highest BCUT2D eigenvalue weighted by atomic mass is 31.2. The first-order valence-electron chi connectivity index (χ1n) is 2.96. The van der Waals surface area contributed by atoms with Gasteiger partial charge in [0.15, 0.2) is 0 Å². The number of carboxylic acid groups (broad SMARTS) is 1. The van der Waals surface area contributed by atoms with E-state index in [9.17, 15) is 13.9 Å². The summed E-state index contributed by atoms with van der Waals surface area (Å²) in [5.41, 5.74) is 9.90. The fraction of sp³-hybridized carbons (Fsp3) is 0.667. The molecule has 5 N–H and O–H groups in total. The maximum Gasteiger partial charge on any atom is 0.574 e. The smallest absolute Gasteiger partial charge is 0.462 e. The molecule has 70 valence electrons. The van der Waals surface area contributed by atoms with Crippen LogP contribution in [0.3, 0.4) is 0 Å². The van der Waals surface area contributed by atoms with E-state index in [1.165, 1.54) is 6.92 Å². The van der Waals surface area contributed by atoms with Crippen LogP contribution in [0, 0.1) is 0 Å². The Labute approximate surface area is 70.1 Å². The molecule has 0 aliphatic carbocycles. The zero-order valence-corrected chi connectivity index (χ0v) is 8.16. The number of hydrogen-bond donors (Lipinski definition) is 3. The quantitative estimate of drug-likeness (QED) is 0.595. The average Bonchev–Trinajstić information content (AvgIpc) is 1.84. The molecular formula is C3H10N3O4P2+. The van der Waals surface area contributed by atoms with Crippen molar-refractivity contribution in [1.82, 2.24) is 4.44 Å². The van der Waals surface area contributed by atoms with Crippen LogP contribution in [0.4, 0.5) is 4.79 Å². The van der Waals surface area contributed by atoms with E-state index in [2.05, 4.69) is 0 Å². The maximum absolute atomic E-state index is 11.2. The van der Waals surface area contributed by atoms with Gasteiger partial charge in [0.25, 0.3) is 7.44 Å². The summed E-state index contributed by atoms with van der Waals surface area (Å²) in [7, 11) is -6.27. The van der Waals surface area contributed by atoms with E-state index in [0.29, 0.717) is 0 Å². The Hall–Kier alpha value is -0.480. The van der Waals surface area contributed by atoms with Gasteiger partial charge in [-0.25, -0.2) is 4.79 Å². The Morgan fingerprint density at radius 2 is 2.17 bits per heavy atom. The molecule has 2 atom stereocenters. The lowest BCUT2D eigenvalue weighted by Gasteiger charge is -2.12. The summed E-state index contributed by atoms with van der Waals surface area (Å²) in [6, 6.07) is 0. The summed E-state index contributed by atoms with van der Waals surface area (Å²) in [6.07, 6.45) is -1.73. The summed E-state index contributed by atoms with van der Waals surface area (Å²) >= 11 is 0. The van der Waals surface area contributed by atoms with Crippen LogP contribution in [0.5, 0.6) is 0 Å². The second-order valence-electron chi connectivity index (χ2n) is 1.95. The highest BCUT2D eigenvalue weighted by molar-refractivity contribution is 7.68. The van der Waals surface area contributed by atoms with Gasteiger partial charge in [0.05, 0.1) is 0 Å². The lowest BCUT2D eigenvalue weighted by molar-refractivity contribution is 0.187. The minimum atomic E-state index is -3.57. The summed E-state index contributed by atoms with van der Waals surface area (Å²) in [6.45, 7) is 1.43. The molecular weight excluding hydrogens is 204 g/mol. The molecule has 0 spiro atoms. The van der Waals surface area contributed by atoms with Crippen molar-refractivity contribution in [1.29, 1.82) is 0 Å². The number of hydrogen-bond acceptors (Lipinski definition) is 3. The highest BCUT2D eigenvalue weighted by Crippen LogP contribution is 2.48. The van der Waals surface area contributed by atoms with Crippen LogP contribution in [0.15, 0.2) is 0 Å². The first-order valence-corrected chi connectivity index (χ1v) is 6.15. The Kier molecular flexibility index (Phi) is 3.80. The minimum absolute atomic E-state index is 0.0996. The van der Waals surface area contributed by atoms with E-state index >= 15 is 0 Å². The monoisotopic (exact) mass is 214 g/mol. The predicted molar refractivity (Wildman–Crippen MR) is 44.0 cm³/mol. The zero-order chi connectivity index (χ0) is 9.94. The molecule has 0 aromatic heterocycles. The molecule has 0 fully saturated rings. The molecule has 0 saturated carbocycles. The Balaban J connectivity index is 4.88. The normalized spacial score (nSPS) is 16.4. The molecule has 0 aromatic rings. The van der Waals surface area contributed by atoms with E-state index in [1.54, 1.807) is 0 Å². The SMILES string of the molecule is CCP(N)(=O)N(C(=O)O)[P+](N)=O. The number of rotatable bonds is 3. The second-order valence-corrected chi connectivity index (χ2v) is 5.81. The van der Waals surface area contributed by atoms with E-state index in [-0.39, 0.29) is 10.6 Å². The minimum Gasteiger partial charge on any atom is -0.462 e. The molecule has 9 heteroatoms. The van der Waals surface area contributed by atoms with Crippen molar-refractivity contribution in [3.8, 4) is 0 Å². The number of amides is 1. The summed E-state index contributed by atoms with van der Waals surface area (Å²) in [5, 5.41) is 8.42. The van der Waals surface area contributed by atoms with Crippen LogP contribution in [-0.2, 0) is 9.13 Å². The van der Waals surface area contributed by atoms with Gasteiger partial charge in [-0.1, -0.05) is 12.4 Å². The number of nitrogens with two attached hydrogens (primary N) is 2. The van der Waals surface area contributed by atoms with Gasteiger partial charge in [0.2, 0.25) is 0 Å². The first kappa shape index (κ1) is 11.5. The predicted octanol–water partition coefficient (Wildman–Crippen LogP) is 0.754. The summed E-state index contributed by atoms with van der Waals surface area (Å²) < 4.78 is 21.9. The largest absolute Gasteiger partial charge is 0.574 e. The van der Waals surface area contributed by atoms with Gasteiger partial charge in [0, 0.05) is 6.16 Å². The Morgan fingerprint density at radius 1 is 1.75 bits per heavy atom. The van der Waals surface area contributed by atoms with Gasteiger partial charge in [-0.3, -0.25) is 10.1 Å². The van der Waals surface area contributed by atoms with E-state index in [1.807, 2.05) is 0 Å². The van der Waals surface area contributed by atoms with Crippen LogP contribution in [0.1, 0.15) is 6.92 Å². The maximum atomic E-state index is 11.2. The van der Waals surface area contributed by atoms with Crippen molar-refractivity contribution < 1.29 is 19.0 Å². The number of nitrogens with zero attached hydrogens (tertiary/aromatic N) is 1. The lowest BCUT2D eigenvalue weighted by atomic mass is 11.0. The van der Waals surface area contributed by atoms with Crippen molar-refractivity contribution in [3.63, 3.8) is 0 Å². The van der Waals surface area contributed by atoms with Gasteiger partial charge in [-0.15, -0.1) is 0 Å². The molecule has 0 aliphatic rings. The third-order valence-corrected chi connectivity index (χ3v) is 4.83. The molecule has 12 heavy (non-hydrogen) atoms. The standard InChI is InChI=1S/C3H9N3O4P2/c1-2-12(5,10)6(3(7)8)11(4)9/h2H2,1H3,(H4-,4,5,7,8,9,10)/p+1. The molecule has 0 bridgehead atoms. The molecule has 0 aromatic carbocycles. The summed E-state index contributed by atoms with van der Waals surface area (Å²) in [4.78, 5) is 10.4. The van der Waals surface area contributed by atoms with Gasteiger partial charge in [-0.2, -0.15) is 0 Å². The third kappa shape index (κ3) is 2.53. The van der Waals surface area contributed by atoms with E-state index in [0.717, 1.165) is 0 Å². The zero-order valence-electron chi connectivity index (χ0n) is 6.38. The van der Waals surface area contributed by atoms with Crippen molar-refractivity contribution in [2.24, 2.45) is 11.0 Å². The summed E-state index contributed by atoms with van der Waals surface area (Å²) in [5.74, 6) is 0. The topological polar surface area (TPSA) is 127 Å². The fourth-order valence-corrected chi connectivity index (χ4v) is 2.81. The van der Waals surface area contributed by atoms with Crippen molar-refractivity contribution in [3.05, 3.63) is 0 Å². The number of carbonyl (C=O) groups is 1. The van der Waals surface area contributed by atoms with Gasteiger partial charge >= 0.3 is 14.2 Å². The first-order chi connectivity index (χ1) is 5.33. The van der Waals surface area contributed by atoms with Crippen molar-refractivity contribution in [2.45, 2.75) is 6.92 Å². The highest BCUT2D eigenvalue weighted by Gasteiger charge is 2.43. The molecule has 0 radical (unpaired) electrons. The molecule has 1 amide bonds. The van der Waals surface area contributed by atoms with Crippen LogP contribution in [-0.4, -0.2) is 21.8 Å². The average molecular weight is 214 g/mol. The van der Waals surface area contributed by atoms with E-state index in [4.69, 9.17) is 16.1 Å². The van der Waals surface area contributed by atoms with Gasteiger partial charge in [0.1, 0.15) is 0 Å². The molecule has 0 heterocycles. The molecule has 0 rings (SSSR count). The molecule has 0 saturated heterocycles. The van der Waals surface area contributed by atoms with Crippen molar-refractivity contribution >= 4 is 21.6 Å². The second kappa shape index (κ2) is 3.96. The third-order valence-electron chi connectivity index (χ3n) is 1.13. The van der Waals surface area contributed by atoms with Crippen LogP contribution < -0.4 is 11.0 Å². The molecule has 7 nitrogen and oxygen atoms in total. The van der Waals surface area contributed by atoms with Gasteiger partial charge in [-0.05, 0) is 9.01 Å². The van der Waals surface area contributed by atoms with Crippen LogP contribution in [0.25, 0.3) is 0 Å². The fourth-order valence-electron chi connectivity index (χ4n) is 0.512. The van der Waals surface area contributed by atoms with E-state index < -0.39 is 21.6 Å². The van der Waals surface area contributed by atoms with Gasteiger partial charge < -0.3 is 5.11 Å². The Morgan fingerprint density at radius 3 is 2.25 bits per heavy atom. The molecule has 0 aliphatic heterocycles. The van der Waals surface area contributed by atoms with Crippen molar-refractivity contribution in [2.75, 3.05) is 6.16 Å².